The zero-order chi connectivity index (χ0) is 8.81. The van der Waals surface area contributed by atoms with E-state index in [1.807, 2.05) is 0 Å². The van der Waals surface area contributed by atoms with Gasteiger partial charge in [0.05, 0.1) is 0 Å². The minimum Gasteiger partial charge on any atom is -0.311 e. The topological polar surface area (TPSA) is 12.0 Å². The van der Waals surface area contributed by atoms with Crippen molar-refractivity contribution in [2.24, 2.45) is 0 Å². The third-order valence-electron chi connectivity index (χ3n) is 1.72. The Hall–Kier alpha value is -0.240. The van der Waals surface area contributed by atoms with Gasteiger partial charge in [-0.05, 0) is 12.5 Å². The molecule has 0 bridgehead atoms. The summed E-state index contributed by atoms with van der Waals surface area (Å²) in [5.41, 5.74) is 2.61. The van der Waals surface area contributed by atoms with Crippen LogP contribution >= 0.6 is 24.0 Å². The van der Waals surface area contributed by atoms with Gasteiger partial charge in [0.2, 0.25) is 0 Å². The molecule has 0 spiro atoms. The summed E-state index contributed by atoms with van der Waals surface area (Å²) in [6, 6.07) is 8.52. The summed E-state index contributed by atoms with van der Waals surface area (Å²) in [6.07, 6.45) is 0. The second kappa shape index (κ2) is 7.19. The molecule has 13 heavy (non-hydrogen) atoms. The van der Waals surface area contributed by atoms with Gasteiger partial charge in [-0.25, -0.2) is 0 Å². The van der Waals surface area contributed by atoms with Gasteiger partial charge in [-0.2, -0.15) is 0 Å². The molecule has 0 atom stereocenters. The van der Waals surface area contributed by atoms with Crippen molar-refractivity contribution >= 4 is 24.0 Å². The number of aryl methyl sites for hydroxylation is 1. The summed E-state index contributed by atoms with van der Waals surface area (Å²) in [5, 5.41) is 3.24. The highest BCUT2D eigenvalue weighted by atomic mass is 35.5. The van der Waals surface area contributed by atoms with Crippen molar-refractivity contribution in [3.05, 3.63) is 35.4 Å². The van der Waals surface area contributed by atoms with Crippen LogP contribution in [0.1, 0.15) is 11.1 Å². The van der Waals surface area contributed by atoms with Gasteiger partial charge in [-0.3, -0.25) is 0 Å². The Morgan fingerprint density at radius 3 is 2.38 bits per heavy atom. The Morgan fingerprint density at radius 1 is 1.23 bits per heavy atom. The van der Waals surface area contributed by atoms with Gasteiger partial charge in [-0.15, -0.1) is 24.0 Å². The molecule has 0 aliphatic carbocycles. The van der Waals surface area contributed by atoms with Crippen molar-refractivity contribution < 1.29 is 0 Å². The second-order valence-electron chi connectivity index (χ2n) is 2.85. The van der Waals surface area contributed by atoms with Crippen molar-refractivity contribution in [1.82, 2.24) is 5.32 Å². The van der Waals surface area contributed by atoms with Crippen LogP contribution in [0.5, 0.6) is 0 Å². The standard InChI is InChI=1S/C10H14ClN.ClH/c1-9-2-4-10(5-3-9)8-12-7-6-11;/h2-5,12H,6-8H2,1H3;1H. The highest BCUT2D eigenvalue weighted by Gasteiger charge is 1.90. The Balaban J connectivity index is 0.00000144. The van der Waals surface area contributed by atoms with Gasteiger partial charge in [0.25, 0.3) is 0 Å². The quantitative estimate of drug-likeness (QED) is 0.607. The van der Waals surface area contributed by atoms with Crippen molar-refractivity contribution in [3.63, 3.8) is 0 Å². The number of halogens is 2. The summed E-state index contributed by atoms with van der Waals surface area (Å²) < 4.78 is 0. The van der Waals surface area contributed by atoms with E-state index in [-0.39, 0.29) is 12.4 Å². The maximum atomic E-state index is 5.53. The zero-order valence-corrected chi connectivity index (χ0v) is 9.29. The van der Waals surface area contributed by atoms with Crippen LogP contribution < -0.4 is 5.32 Å². The summed E-state index contributed by atoms with van der Waals surface area (Å²) in [4.78, 5) is 0. The average molecular weight is 220 g/mol. The van der Waals surface area contributed by atoms with E-state index in [0.717, 1.165) is 13.1 Å². The summed E-state index contributed by atoms with van der Waals surface area (Å²) in [6.45, 7) is 3.87. The maximum Gasteiger partial charge on any atom is 0.0348 e. The zero-order valence-electron chi connectivity index (χ0n) is 7.72. The van der Waals surface area contributed by atoms with Gasteiger partial charge in [0, 0.05) is 19.0 Å². The number of rotatable bonds is 4. The van der Waals surface area contributed by atoms with Crippen molar-refractivity contribution in [2.75, 3.05) is 12.4 Å². The van der Waals surface area contributed by atoms with E-state index in [4.69, 9.17) is 11.6 Å². The number of hydrogen-bond acceptors (Lipinski definition) is 1. The van der Waals surface area contributed by atoms with Crippen LogP contribution in [0.15, 0.2) is 24.3 Å². The van der Waals surface area contributed by atoms with E-state index in [9.17, 15) is 0 Å². The molecule has 0 aliphatic rings. The molecule has 0 amide bonds. The Morgan fingerprint density at radius 2 is 1.85 bits per heavy atom. The van der Waals surface area contributed by atoms with Crippen LogP contribution in [-0.4, -0.2) is 12.4 Å². The summed E-state index contributed by atoms with van der Waals surface area (Å²) >= 11 is 5.53. The predicted octanol–water partition coefficient (Wildman–Crippen LogP) is 2.75. The van der Waals surface area contributed by atoms with Gasteiger partial charge >= 0.3 is 0 Å². The molecule has 1 rings (SSSR count). The molecule has 1 aromatic rings. The second-order valence-corrected chi connectivity index (χ2v) is 3.23. The first kappa shape index (κ1) is 12.8. The lowest BCUT2D eigenvalue weighted by atomic mass is 10.1. The first-order valence-corrected chi connectivity index (χ1v) is 4.68. The smallest absolute Gasteiger partial charge is 0.0348 e. The summed E-state index contributed by atoms with van der Waals surface area (Å²) in [5.74, 6) is 0.672. The average Bonchev–Trinajstić information content (AvgIpc) is 2.09. The molecule has 0 unspecified atom stereocenters. The van der Waals surface area contributed by atoms with Crippen molar-refractivity contribution in [3.8, 4) is 0 Å². The largest absolute Gasteiger partial charge is 0.311 e. The third-order valence-corrected chi connectivity index (χ3v) is 1.91. The van der Waals surface area contributed by atoms with E-state index in [0.29, 0.717) is 5.88 Å². The lowest BCUT2D eigenvalue weighted by Crippen LogP contribution is -2.15. The molecule has 0 saturated carbocycles. The minimum atomic E-state index is 0. The van der Waals surface area contributed by atoms with E-state index < -0.39 is 0 Å². The molecule has 0 aromatic heterocycles. The van der Waals surface area contributed by atoms with Crippen LogP contribution in [0.4, 0.5) is 0 Å². The number of nitrogens with one attached hydrogen (secondary N) is 1. The predicted molar refractivity (Wildman–Crippen MR) is 60.9 cm³/mol. The lowest BCUT2D eigenvalue weighted by molar-refractivity contribution is 0.730. The minimum absolute atomic E-state index is 0. The number of alkyl halides is 1. The number of hydrogen-bond donors (Lipinski definition) is 1. The fourth-order valence-electron chi connectivity index (χ4n) is 1.01. The molecule has 0 saturated heterocycles. The van der Waals surface area contributed by atoms with Gasteiger partial charge < -0.3 is 5.32 Å². The fraction of sp³-hybridized carbons (Fsp3) is 0.400. The first-order valence-electron chi connectivity index (χ1n) is 4.15. The van der Waals surface area contributed by atoms with Crippen molar-refractivity contribution in [2.45, 2.75) is 13.5 Å². The molecule has 3 heteroatoms. The first-order chi connectivity index (χ1) is 5.83. The summed E-state index contributed by atoms with van der Waals surface area (Å²) in [7, 11) is 0. The Kier molecular flexibility index (Phi) is 7.06. The monoisotopic (exact) mass is 219 g/mol. The van der Waals surface area contributed by atoms with E-state index >= 15 is 0 Å². The molecule has 1 nitrogen and oxygen atoms in total. The molecule has 1 aromatic carbocycles. The fourth-order valence-corrected chi connectivity index (χ4v) is 1.14. The SMILES string of the molecule is Cc1ccc(CNCCCl)cc1.Cl. The molecule has 0 aliphatic heterocycles. The van der Waals surface area contributed by atoms with Crippen LogP contribution in [0.2, 0.25) is 0 Å². The van der Waals surface area contributed by atoms with Gasteiger partial charge in [0.1, 0.15) is 0 Å². The van der Waals surface area contributed by atoms with Crippen molar-refractivity contribution in [1.29, 1.82) is 0 Å². The van der Waals surface area contributed by atoms with Crippen LogP contribution in [0.25, 0.3) is 0 Å². The molecule has 1 N–H and O–H groups in total. The van der Waals surface area contributed by atoms with Crippen LogP contribution in [0.3, 0.4) is 0 Å². The number of benzene rings is 1. The maximum absolute atomic E-state index is 5.53. The Bertz CT molecular complexity index is 221. The van der Waals surface area contributed by atoms with Crippen LogP contribution in [0, 0.1) is 6.92 Å². The molecular weight excluding hydrogens is 205 g/mol. The molecular formula is C10H15Cl2N. The molecule has 0 fully saturated rings. The lowest BCUT2D eigenvalue weighted by Gasteiger charge is -2.02. The van der Waals surface area contributed by atoms with E-state index in [1.54, 1.807) is 0 Å². The van der Waals surface area contributed by atoms with Gasteiger partial charge in [0.15, 0.2) is 0 Å². The molecule has 0 radical (unpaired) electrons. The highest BCUT2D eigenvalue weighted by Crippen LogP contribution is 2.01. The van der Waals surface area contributed by atoms with E-state index in [2.05, 4.69) is 36.5 Å². The Labute approximate surface area is 90.9 Å². The van der Waals surface area contributed by atoms with E-state index in [1.165, 1.54) is 11.1 Å². The normalized spacial score (nSPS) is 9.38. The van der Waals surface area contributed by atoms with Gasteiger partial charge in [-0.1, -0.05) is 29.8 Å². The van der Waals surface area contributed by atoms with Crippen LogP contribution in [-0.2, 0) is 6.54 Å². The third kappa shape index (κ3) is 5.14. The highest BCUT2D eigenvalue weighted by molar-refractivity contribution is 6.18. The molecule has 74 valence electrons. The molecule has 0 heterocycles.